The van der Waals surface area contributed by atoms with Crippen LogP contribution in [0.3, 0.4) is 0 Å². The highest BCUT2D eigenvalue weighted by Crippen LogP contribution is 2.25. The van der Waals surface area contributed by atoms with Crippen LogP contribution >= 0.6 is 0 Å². The summed E-state index contributed by atoms with van der Waals surface area (Å²) in [5.41, 5.74) is 3.11. The zero-order chi connectivity index (χ0) is 20.9. The SMILES string of the molecule is Cn1nc2c(c1C(=O)N1CCCCNC(=O)CC3CCCCN3CCC1)CCCC2. The van der Waals surface area contributed by atoms with E-state index >= 15 is 0 Å². The molecule has 1 aromatic rings. The first-order valence-corrected chi connectivity index (χ1v) is 12.0. The number of nitrogens with one attached hydrogen (secondary N) is 1. The Morgan fingerprint density at radius 2 is 1.73 bits per heavy atom. The summed E-state index contributed by atoms with van der Waals surface area (Å²) in [6.07, 6.45) is 11.2. The Bertz CT molecular complexity index is 759. The zero-order valence-corrected chi connectivity index (χ0v) is 18.5. The van der Waals surface area contributed by atoms with Gasteiger partial charge in [0.25, 0.3) is 5.91 Å². The van der Waals surface area contributed by atoms with E-state index in [4.69, 9.17) is 0 Å². The zero-order valence-electron chi connectivity index (χ0n) is 18.5. The van der Waals surface area contributed by atoms with Gasteiger partial charge in [0.05, 0.1) is 5.69 Å². The molecule has 0 spiro atoms. The molecule has 0 radical (unpaired) electrons. The fraction of sp³-hybridized carbons (Fsp3) is 0.783. The number of aromatic nitrogens is 2. The third-order valence-electron chi connectivity index (χ3n) is 7.03. The lowest BCUT2D eigenvalue weighted by Gasteiger charge is -2.35. The molecule has 2 amide bonds. The molecule has 3 aliphatic rings. The van der Waals surface area contributed by atoms with Crippen molar-refractivity contribution in [3.63, 3.8) is 0 Å². The standard InChI is InChI=1S/C23H37N5O2/c1-26-22(19-10-2-3-11-20(19)25-26)23(30)28-14-7-5-12-24-21(29)17-18-9-4-6-13-27(18)15-8-16-28/h18H,2-17H2,1H3,(H,24,29). The summed E-state index contributed by atoms with van der Waals surface area (Å²) in [6.45, 7) is 4.27. The van der Waals surface area contributed by atoms with Gasteiger partial charge in [-0.2, -0.15) is 5.10 Å². The third-order valence-corrected chi connectivity index (χ3v) is 7.03. The van der Waals surface area contributed by atoms with Crippen molar-refractivity contribution < 1.29 is 9.59 Å². The first-order chi connectivity index (χ1) is 14.6. The highest BCUT2D eigenvalue weighted by atomic mass is 16.2. The van der Waals surface area contributed by atoms with Crippen LogP contribution in [-0.2, 0) is 24.7 Å². The largest absolute Gasteiger partial charge is 0.356 e. The molecule has 2 fully saturated rings. The van der Waals surface area contributed by atoms with Gasteiger partial charge in [-0.1, -0.05) is 6.42 Å². The Kier molecular flexibility index (Phi) is 7.08. The second-order valence-electron chi connectivity index (χ2n) is 9.20. The molecule has 7 nitrogen and oxygen atoms in total. The molecule has 2 saturated heterocycles. The highest BCUT2D eigenvalue weighted by molar-refractivity contribution is 5.94. The van der Waals surface area contributed by atoms with Gasteiger partial charge in [-0.15, -0.1) is 0 Å². The van der Waals surface area contributed by atoms with Crippen molar-refractivity contribution in [2.75, 3.05) is 32.7 Å². The van der Waals surface area contributed by atoms with E-state index in [-0.39, 0.29) is 11.8 Å². The summed E-state index contributed by atoms with van der Waals surface area (Å²) in [5, 5.41) is 7.75. The predicted molar refractivity (Wildman–Crippen MR) is 116 cm³/mol. The highest BCUT2D eigenvalue weighted by Gasteiger charge is 2.28. The number of nitrogens with zero attached hydrogens (tertiary/aromatic N) is 4. The van der Waals surface area contributed by atoms with Crippen LogP contribution in [-0.4, -0.2) is 70.2 Å². The normalized spacial score (nSPS) is 24.6. The average molecular weight is 416 g/mol. The number of aryl methyl sites for hydroxylation is 2. The maximum absolute atomic E-state index is 13.6. The van der Waals surface area contributed by atoms with Crippen LogP contribution in [0.5, 0.6) is 0 Å². The number of carbonyl (C=O) groups excluding carboxylic acids is 2. The topological polar surface area (TPSA) is 70.5 Å². The molecule has 1 unspecified atom stereocenters. The molecule has 0 saturated carbocycles. The van der Waals surface area contributed by atoms with Gasteiger partial charge in [0.1, 0.15) is 5.69 Å². The Hall–Kier alpha value is -1.89. The Morgan fingerprint density at radius 3 is 2.63 bits per heavy atom. The van der Waals surface area contributed by atoms with Crippen molar-refractivity contribution in [2.24, 2.45) is 7.05 Å². The lowest BCUT2D eigenvalue weighted by molar-refractivity contribution is -0.122. The first-order valence-electron chi connectivity index (χ1n) is 12.0. The maximum Gasteiger partial charge on any atom is 0.272 e. The molecule has 1 atom stereocenters. The van der Waals surface area contributed by atoms with E-state index in [1.165, 1.54) is 24.8 Å². The Balaban J connectivity index is 1.48. The van der Waals surface area contributed by atoms with Crippen molar-refractivity contribution in [1.29, 1.82) is 0 Å². The fourth-order valence-corrected chi connectivity index (χ4v) is 5.41. The number of carbonyl (C=O) groups is 2. The van der Waals surface area contributed by atoms with E-state index in [0.717, 1.165) is 82.5 Å². The molecule has 4 rings (SSSR count). The van der Waals surface area contributed by atoms with E-state index < -0.39 is 0 Å². The summed E-state index contributed by atoms with van der Waals surface area (Å²) in [4.78, 5) is 30.4. The van der Waals surface area contributed by atoms with E-state index in [1.54, 1.807) is 0 Å². The van der Waals surface area contributed by atoms with Crippen molar-refractivity contribution in [3.8, 4) is 0 Å². The second kappa shape index (κ2) is 9.94. The molecule has 30 heavy (non-hydrogen) atoms. The van der Waals surface area contributed by atoms with Crippen LogP contribution in [0.2, 0.25) is 0 Å². The van der Waals surface area contributed by atoms with E-state index in [0.29, 0.717) is 19.0 Å². The van der Waals surface area contributed by atoms with Crippen LogP contribution in [0, 0.1) is 0 Å². The van der Waals surface area contributed by atoms with Crippen LogP contribution in [0.4, 0.5) is 0 Å². The van der Waals surface area contributed by atoms with Gasteiger partial charge in [0.2, 0.25) is 5.91 Å². The molecule has 0 aromatic carbocycles. The summed E-state index contributed by atoms with van der Waals surface area (Å²) < 4.78 is 1.82. The minimum Gasteiger partial charge on any atom is -0.356 e. The molecule has 3 heterocycles. The van der Waals surface area contributed by atoms with Crippen molar-refractivity contribution in [3.05, 3.63) is 17.0 Å². The number of amides is 2. The van der Waals surface area contributed by atoms with E-state index in [9.17, 15) is 9.59 Å². The van der Waals surface area contributed by atoms with E-state index in [2.05, 4.69) is 15.3 Å². The molecule has 7 heteroatoms. The van der Waals surface area contributed by atoms with Crippen molar-refractivity contribution in [1.82, 2.24) is 24.9 Å². The van der Waals surface area contributed by atoms with Gasteiger partial charge in [-0.25, -0.2) is 0 Å². The molecule has 1 N–H and O–H groups in total. The predicted octanol–water partition coefficient (Wildman–Crippen LogP) is 2.29. The monoisotopic (exact) mass is 415 g/mol. The van der Waals surface area contributed by atoms with Crippen molar-refractivity contribution in [2.45, 2.75) is 76.7 Å². The number of hydrogen-bond donors (Lipinski definition) is 1. The minimum atomic E-state index is 0.141. The number of rotatable bonds is 1. The molecule has 166 valence electrons. The molecular weight excluding hydrogens is 378 g/mol. The van der Waals surface area contributed by atoms with Crippen LogP contribution in [0.25, 0.3) is 0 Å². The fourth-order valence-electron chi connectivity index (χ4n) is 5.41. The Labute approximate surface area is 180 Å². The second-order valence-corrected chi connectivity index (χ2v) is 9.20. The van der Waals surface area contributed by atoms with Gasteiger partial charge in [0, 0.05) is 51.3 Å². The van der Waals surface area contributed by atoms with Gasteiger partial charge in [-0.05, 0) is 64.3 Å². The smallest absolute Gasteiger partial charge is 0.272 e. The summed E-state index contributed by atoms with van der Waals surface area (Å²) in [6, 6.07) is 0.354. The maximum atomic E-state index is 13.6. The molecular formula is C23H37N5O2. The van der Waals surface area contributed by atoms with Crippen LogP contribution in [0.1, 0.15) is 79.5 Å². The molecule has 1 aliphatic carbocycles. The van der Waals surface area contributed by atoms with Crippen LogP contribution in [0.15, 0.2) is 0 Å². The lowest BCUT2D eigenvalue weighted by Crippen LogP contribution is -2.44. The first kappa shape index (κ1) is 21.3. The number of fused-ring (bicyclic) bond motifs is 2. The van der Waals surface area contributed by atoms with Gasteiger partial charge in [0.15, 0.2) is 0 Å². The van der Waals surface area contributed by atoms with Crippen molar-refractivity contribution >= 4 is 11.8 Å². The number of hydrogen-bond acceptors (Lipinski definition) is 4. The summed E-state index contributed by atoms with van der Waals surface area (Å²) >= 11 is 0. The Morgan fingerprint density at radius 1 is 0.967 bits per heavy atom. The van der Waals surface area contributed by atoms with Crippen LogP contribution < -0.4 is 5.32 Å². The average Bonchev–Trinajstić information content (AvgIpc) is 3.08. The van der Waals surface area contributed by atoms with Gasteiger partial charge >= 0.3 is 0 Å². The minimum absolute atomic E-state index is 0.141. The quantitative estimate of drug-likeness (QED) is 0.764. The number of piperidine rings is 1. The third kappa shape index (κ3) is 4.88. The molecule has 0 bridgehead atoms. The van der Waals surface area contributed by atoms with Gasteiger partial charge in [-0.3, -0.25) is 19.2 Å². The summed E-state index contributed by atoms with van der Waals surface area (Å²) in [5.74, 6) is 0.322. The van der Waals surface area contributed by atoms with Gasteiger partial charge < -0.3 is 10.2 Å². The summed E-state index contributed by atoms with van der Waals surface area (Å²) in [7, 11) is 1.92. The molecule has 2 aliphatic heterocycles. The van der Waals surface area contributed by atoms with E-state index in [1.807, 2.05) is 16.6 Å². The molecule has 1 aromatic heterocycles. The lowest BCUT2D eigenvalue weighted by atomic mass is 9.95.